The number of fused-ring (bicyclic) bond motifs is 1. The maximum Gasteiger partial charge on any atom is 0.328 e. The Labute approximate surface area is 230 Å². The summed E-state index contributed by atoms with van der Waals surface area (Å²) in [6, 6.07) is 10.7. The summed E-state index contributed by atoms with van der Waals surface area (Å²) in [6.07, 6.45) is 7.35. The van der Waals surface area contributed by atoms with Gasteiger partial charge in [0.1, 0.15) is 4.83 Å². The molecule has 0 unspecified atom stereocenters. The Balaban J connectivity index is 0.000000386. The monoisotopic (exact) mass is 554 g/mol. The van der Waals surface area contributed by atoms with Crippen molar-refractivity contribution in [1.29, 1.82) is 0 Å². The van der Waals surface area contributed by atoms with Crippen molar-refractivity contribution >= 4 is 45.1 Å². The molecule has 2 fully saturated rings. The number of ether oxygens (including phenoxy) is 1. The Hall–Kier alpha value is -3.54. The van der Waals surface area contributed by atoms with Gasteiger partial charge in [0.2, 0.25) is 0 Å². The second-order valence-electron chi connectivity index (χ2n) is 9.70. The Morgan fingerprint density at radius 2 is 1.69 bits per heavy atom. The van der Waals surface area contributed by atoms with Crippen molar-refractivity contribution in [2.75, 3.05) is 31.6 Å². The van der Waals surface area contributed by atoms with Gasteiger partial charge >= 0.3 is 11.9 Å². The van der Waals surface area contributed by atoms with E-state index in [0.717, 1.165) is 59.3 Å². The molecule has 10 nitrogen and oxygen atoms in total. The van der Waals surface area contributed by atoms with Gasteiger partial charge in [-0.3, -0.25) is 14.4 Å². The van der Waals surface area contributed by atoms with Crippen molar-refractivity contribution in [3.63, 3.8) is 0 Å². The van der Waals surface area contributed by atoms with Crippen LogP contribution in [0.25, 0.3) is 10.2 Å². The van der Waals surface area contributed by atoms with Crippen LogP contribution in [-0.2, 0) is 20.9 Å². The van der Waals surface area contributed by atoms with Crippen molar-refractivity contribution in [3.8, 4) is 0 Å². The SMILES string of the molecule is Cc1nn(C2CCCCC2)c2sc(C(=O)Nc3ccc(CN4CCOCC4)cc3)cc12.O=C(O)/C=C/C(=O)O. The molecule has 11 heteroatoms. The number of nitrogens with one attached hydrogen (secondary N) is 1. The molecule has 3 heterocycles. The van der Waals surface area contributed by atoms with Crippen LogP contribution in [-0.4, -0.2) is 69.0 Å². The molecule has 5 rings (SSSR count). The van der Waals surface area contributed by atoms with Crippen LogP contribution < -0.4 is 5.32 Å². The van der Waals surface area contributed by atoms with Gasteiger partial charge in [0.15, 0.2) is 0 Å². The molecule has 1 saturated carbocycles. The Morgan fingerprint density at radius 1 is 1.05 bits per heavy atom. The van der Waals surface area contributed by atoms with Crippen LogP contribution in [0.4, 0.5) is 5.69 Å². The Morgan fingerprint density at radius 3 is 2.31 bits per heavy atom. The number of thiophene rings is 1. The summed E-state index contributed by atoms with van der Waals surface area (Å²) >= 11 is 1.56. The Kier molecular flexibility index (Phi) is 9.85. The van der Waals surface area contributed by atoms with E-state index in [9.17, 15) is 14.4 Å². The number of carboxylic acid groups (broad SMARTS) is 2. The normalized spacial score (nSPS) is 16.6. The maximum absolute atomic E-state index is 12.9. The second-order valence-corrected chi connectivity index (χ2v) is 10.7. The topological polar surface area (TPSA) is 134 Å². The van der Waals surface area contributed by atoms with Crippen LogP contribution in [0.2, 0.25) is 0 Å². The quantitative estimate of drug-likeness (QED) is 0.358. The molecule has 0 atom stereocenters. The van der Waals surface area contributed by atoms with E-state index in [2.05, 4.69) is 27.0 Å². The lowest BCUT2D eigenvalue weighted by Gasteiger charge is -2.26. The lowest BCUT2D eigenvalue weighted by atomic mass is 9.96. The minimum absolute atomic E-state index is 0.0447. The first-order valence-corrected chi connectivity index (χ1v) is 13.9. The van der Waals surface area contributed by atoms with Crippen LogP contribution in [0.15, 0.2) is 42.5 Å². The largest absolute Gasteiger partial charge is 0.478 e. The molecule has 1 aromatic carbocycles. The zero-order valence-electron chi connectivity index (χ0n) is 22.0. The van der Waals surface area contributed by atoms with Crippen molar-refractivity contribution in [2.24, 2.45) is 0 Å². The maximum atomic E-state index is 12.9. The third-order valence-corrected chi connectivity index (χ3v) is 7.93. The van der Waals surface area contributed by atoms with E-state index in [1.807, 2.05) is 25.1 Å². The first kappa shape index (κ1) is 28.5. The number of hydrogen-bond acceptors (Lipinski definition) is 7. The van der Waals surface area contributed by atoms with E-state index >= 15 is 0 Å². The number of aromatic nitrogens is 2. The molecule has 0 radical (unpaired) electrons. The Bertz CT molecular complexity index is 1300. The van der Waals surface area contributed by atoms with Crippen LogP contribution in [0, 0.1) is 6.92 Å². The molecule has 0 spiro atoms. The van der Waals surface area contributed by atoms with Gasteiger partial charge < -0.3 is 20.3 Å². The fourth-order valence-electron chi connectivity index (χ4n) is 4.80. The third kappa shape index (κ3) is 7.98. The number of morpholine rings is 1. The van der Waals surface area contributed by atoms with Crippen molar-refractivity contribution in [2.45, 2.75) is 51.6 Å². The number of carbonyl (C=O) groups excluding carboxylic acids is 1. The highest BCUT2D eigenvalue weighted by atomic mass is 32.1. The van der Waals surface area contributed by atoms with E-state index in [1.54, 1.807) is 11.3 Å². The number of aryl methyl sites for hydroxylation is 1. The number of carbonyl (C=O) groups is 3. The van der Waals surface area contributed by atoms with E-state index in [-0.39, 0.29) is 5.91 Å². The average Bonchev–Trinajstić information content (AvgIpc) is 3.51. The summed E-state index contributed by atoms with van der Waals surface area (Å²) < 4.78 is 7.60. The van der Waals surface area contributed by atoms with Gasteiger partial charge in [-0.25, -0.2) is 9.59 Å². The zero-order valence-corrected chi connectivity index (χ0v) is 22.8. The molecule has 1 saturated heterocycles. The summed E-state index contributed by atoms with van der Waals surface area (Å²) in [5, 5.41) is 24.6. The molecule has 2 aliphatic rings. The van der Waals surface area contributed by atoms with Crippen LogP contribution >= 0.6 is 11.3 Å². The highest BCUT2D eigenvalue weighted by Gasteiger charge is 2.22. The van der Waals surface area contributed by atoms with Crippen LogP contribution in [0.3, 0.4) is 0 Å². The minimum Gasteiger partial charge on any atom is -0.478 e. The van der Waals surface area contributed by atoms with Crippen molar-refractivity contribution < 1.29 is 29.3 Å². The number of hydrogen-bond donors (Lipinski definition) is 3. The van der Waals surface area contributed by atoms with Gasteiger partial charge in [-0.2, -0.15) is 5.10 Å². The summed E-state index contributed by atoms with van der Waals surface area (Å²) in [6.45, 7) is 6.53. The molecular formula is C28H34N4O6S. The third-order valence-electron chi connectivity index (χ3n) is 6.80. The second kappa shape index (κ2) is 13.5. The smallest absolute Gasteiger partial charge is 0.328 e. The van der Waals surface area contributed by atoms with E-state index in [4.69, 9.17) is 20.0 Å². The summed E-state index contributed by atoms with van der Waals surface area (Å²) in [5.74, 6) is -2.56. The zero-order chi connectivity index (χ0) is 27.8. The predicted molar refractivity (Wildman–Crippen MR) is 149 cm³/mol. The number of nitrogens with zero attached hydrogens (tertiary/aromatic N) is 3. The number of aliphatic carboxylic acids is 2. The van der Waals surface area contributed by atoms with Gasteiger partial charge in [0.25, 0.3) is 5.91 Å². The summed E-state index contributed by atoms with van der Waals surface area (Å²) in [4.78, 5) is 36.3. The molecule has 1 aliphatic heterocycles. The van der Waals surface area contributed by atoms with Gasteiger partial charge in [-0.15, -0.1) is 11.3 Å². The van der Waals surface area contributed by atoms with Gasteiger partial charge in [0, 0.05) is 42.9 Å². The van der Waals surface area contributed by atoms with Gasteiger partial charge in [0.05, 0.1) is 29.8 Å². The first-order chi connectivity index (χ1) is 18.8. The number of rotatable bonds is 7. The van der Waals surface area contributed by atoms with Gasteiger partial charge in [-0.05, 0) is 43.5 Å². The summed E-state index contributed by atoms with van der Waals surface area (Å²) in [5.41, 5.74) is 3.10. The minimum atomic E-state index is -1.26. The highest BCUT2D eigenvalue weighted by molar-refractivity contribution is 7.20. The number of anilines is 1. The molecule has 0 bridgehead atoms. The molecule has 208 valence electrons. The number of amides is 1. The first-order valence-electron chi connectivity index (χ1n) is 13.1. The molecule has 3 aromatic rings. The molecule has 3 N–H and O–H groups in total. The number of benzene rings is 1. The van der Waals surface area contributed by atoms with Crippen LogP contribution in [0.1, 0.15) is 59.1 Å². The van der Waals surface area contributed by atoms with E-state index in [0.29, 0.717) is 18.2 Å². The van der Waals surface area contributed by atoms with Crippen molar-refractivity contribution in [3.05, 3.63) is 58.6 Å². The fraction of sp³-hybridized carbons (Fsp3) is 0.429. The lowest BCUT2D eigenvalue weighted by molar-refractivity contribution is -0.134. The van der Waals surface area contributed by atoms with Gasteiger partial charge in [-0.1, -0.05) is 31.4 Å². The molecule has 39 heavy (non-hydrogen) atoms. The molecule has 2 aromatic heterocycles. The van der Waals surface area contributed by atoms with E-state index < -0.39 is 11.9 Å². The lowest BCUT2D eigenvalue weighted by Crippen LogP contribution is -2.35. The fourth-order valence-corrected chi connectivity index (χ4v) is 5.93. The molecular weight excluding hydrogens is 520 g/mol. The highest BCUT2D eigenvalue weighted by Crippen LogP contribution is 2.35. The summed E-state index contributed by atoms with van der Waals surface area (Å²) in [7, 11) is 0. The van der Waals surface area contributed by atoms with E-state index in [1.165, 1.54) is 37.7 Å². The average molecular weight is 555 g/mol. The molecule has 1 aliphatic carbocycles. The predicted octanol–water partition coefficient (Wildman–Crippen LogP) is 4.71. The number of carboxylic acids is 2. The molecule has 1 amide bonds. The van der Waals surface area contributed by atoms with Crippen LogP contribution in [0.5, 0.6) is 0 Å². The van der Waals surface area contributed by atoms with Crippen molar-refractivity contribution in [1.82, 2.24) is 14.7 Å². The standard InChI is InChI=1S/C24H30N4O2S.C4H4O4/c1-17-21-15-22(31-24(21)28(26-17)20-5-3-2-4-6-20)23(29)25-19-9-7-18(8-10-19)16-27-11-13-30-14-12-27;5-3(6)1-2-4(7)8/h7-10,15,20H,2-6,11-14,16H2,1H3,(H,25,29);1-2H,(H,5,6)(H,7,8)/b;2-1+.